The summed E-state index contributed by atoms with van der Waals surface area (Å²) in [6.07, 6.45) is 9.25. The summed E-state index contributed by atoms with van der Waals surface area (Å²) in [5.74, 6) is 0.142. The third-order valence-corrected chi connectivity index (χ3v) is 4.39. The minimum atomic E-state index is -0.987. The van der Waals surface area contributed by atoms with E-state index in [4.69, 9.17) is 0 Å². The van der Waals surface area contributed by atoms with Crippen LogP contribution in [0.5, 0.6) is 0 Å². The molecule has 11 nitrogen and oxygen atoms in total. The van der Waals surface area contributed by atoms with Crippen LogP contribution in [-0.4, -0.2) is 44.1 Å². The van der Waals surface area contributed by atoms with Gasteiger partial charge < -0.3 is 21.1 Å². The first kappa shape index (κ1) is 17.7. The molecular weight excluding hydrogens is 362 g/mol. The summed E-state index contributed by atoms with van der Waals surface area (Å²) in [4.78, 5) is 28.0. The van der Waals surface area contributed by atoms with Gasteiger partial charge in [-0.05, 0) is 13.0 Å². The van der Waals surface area contributed by atoms with Crippen LogP contribution in [-0.2, 0) is 4.79 Å². The third kappa shape index (κ3) is 3.42. The zero-order chi connectivity index (χ0) is 19.7. The second-order valence-corrected chi connectivity index (χ2v) is 6.38. The van der Waals surface area contributed by atoms with Gasteiger partial charge in [-0.3, -0.25) is 5.01 Å². The van der Waals surface area contributed by atoms with Crippen LogP contribution in [0.4, 0.5) is 17.5 Å². The zero-order valence-corrected chi connectivity index (χ0v) is 15.2. The van der Waals surface area contributed by atoms with Crippen LogP contribution in [0, 0.1) is 0 Å². The Morgan fingerprint density at radius 2 is 2.07 bits per heavy atom. The molecule has 2 aliphatic heterocycles. The lowest BCUT2D eigenvalue weighted by Gasteiger charge is -2.26. The van der Waals surface area contributed by atoms with E-state index in [1.165, 1.54) is 12.5 Å². The quantitative estimate of drug-likeness (QED) is 0.491. The van der Waals surface area contributed by atoms with Crippen molar-refractivity contribution in [2.45, 2.75) is 19.1 Å². The smallest absolute Gasteiger partial charge is 0.337 e. The minimum absolute atomic E-state index is 0.0563. The Morgan fingerprint density at radius 1 is 1.29 bits per heavy atom. The Labute approximate surface area is 160 Å². The van der Waals surface area contributed by atoms with Crippen molar-refractivity contribution in [3.8, 4) is 0 Å². The average Bonchev–Trinajstić information content (AvgIpc) is 2.99. The van der Waals surface area contributed by atoms with Gasteiger partial charge in [-0.1, -0.05) is 0 Å². The fourth-order valence-corrected chi connectivity index (χ4v) is 2.94. The van der Waals surface area contributed by atoms with Crippen LogP contribution < -0.4 is 26.4 Å². The van der Waals surface area contributed by atoms with Gasteiger partial charge in [0, 0.05) is 25.1 Å². The molecule has 0 aromatic carbocycles. The van der Waals surface area contributed by atoms with Gasteiger partial charge in [0.05, 0.1) is 35.3 Å². The molecule has 0 radical (unpaired) electrons. The summed E-state index contributed by atoms with van der Waals surface area (Å²) in [5, 5.41) is 20.4. The Hall–Kier alpha value is -3.73. The van der Waals surface area contributed by atoms with Gasteiger partial charge in [0.15, 0.2) is 5.82 Å². The van der Waals surface area contributed by atoms with Crippen molar-refractivity contribution in [1.82, 2.24) is 36.0 Å². The van der Waals surface area contributed by atoms with E-state index >= 15 is 0 Å². The van der Waals surface area contributed by atoms with Crippen LogP contribution in [0.3, 0.4) is 0 Å². The number of hydrogen-bond donors (Lipinski definition) is 5. The van der Waals surface area contributed by atoms with Crippen molar-refractivity contribution in [2.75, 3.05) is 17.4 Å². The third-order valence-electron chi connectivity index (χ3n) is 4.39. The first-order valence-corrected chi connectivity index (χ1v) is 8.58. The van der Waals surface area contributed by atoms with Crippen LogP contribution in [0.1, 0.15) is 18.7 Å². The zero-order valence-electron chi connectivity index (χ0n) is 15.2. The number of fused-ring (bicyclic) bond motifs is 1. The minimum Gasteiger partial charge on any atom is -0.478 e. The predicted octanol–water partition coefficient (Wildman–Crippen LogP) is 0.397. The lowest BCUT2D eigenvalue weighted by Crippen LogP contribution is -2.42. The van der Waals surface area contributed by atoms with Crippen molar-refractivity contribution in [1.29, 1.82) is 0 Å². The number of rotatable bonds is 5. The molecule has 11 heteroatoms. The Balaban J connectivity index is 1.55. The highest BCUT2D eigenvalue weighted by Gasteiger charge is 2.30. The number of aliphatic carboxylic acids is 1. The molecular formula is C17H19N9O2. The number of dihydropyridines is 1. The first-order chi connectivity index (χ1) is 13.5. The van der Waals surface area contributed by atoms with Crippen molar-refractivity contribution in [3.63, 3.8) is 0 Å². The standard InChI is InChI=1S/C17H19N9O2/c1-9-13(3-10(4-20-9)16(27)28)23-14-12-7-21-17(24-15(12)26(2)25-14)22-11-5-18-8-19-6-11/h3-9,14,20,23,25H,1-2H3,(H,27,28)(H,21,22,24). The number of aromatic nitrogens is 4. The maximum atomic E-state index is 11.2. The van der Waals surface area contributed by atoms with E-state index in [0.29, 0.717) is 17.5 Å². The number of carbonyl (C=O) groups is 1. The maximum absolute atomic E-state index is 11.2. The van der Waals surface area contributed by atoms with Crippen LogP contribution in [0.2, 0.25) is 0 Å². The van der Waals surface area contributed by atoms with Gasteiger partial charge >= 0.3 is 5.97 Å². The fourth-order valence-electron chi connectivity index (χ4n) is 2.94. The molecule has 0 aliphatic carbocycles. The van der Waals surface area contributed by atoms with Crippen LogP contribution >= 0.6 is 0 Å². The highest BCUT2D eigenvalue weighted by atomic mass is 16.4. The summed E-state index contributed by atoms with van der Waals surface area (Å²) in [7, 11) is 1.85. The molecule has 2 aromatic heterocycles. The number of carboxylic acids is 1. The molecule has 0 saturated carbocycles. The molecule has 144 valence electrons. The highest BCUT2D eigenvalue weighted by Crippen LogP contribution is 2.30. The average molecular weight is 381 g/mol. The normalized spacial score (nSPS) is 20.6. The molecule has 0 spiro atoms. The van der Waals surface area contributed by atoms with E-state index < -0.39 is 5.97 Å². The largest absolute Gasteiger partial charge is 0.478 e. The molecule has 4 rings (SSSR count). The Bertz CT molecular complexity index is 960. The predicted molar refractivity (Wildman–Crippen MR) is 101 cm³/mol. The highest BCUT2D eigenvalue weighted by molar-refractivity contribution is 5.90. The maximum Gasteiger partial charge on any atom is 0.337 e. The number of hydrazine groups is 1. The SMILES string of the molecule is CC1NC=C(C(=O)O)C=C1NC1NN(C)c2nc(Nc3cncnc3)ncc21. The molecule has 28 heavy (non-hydrogen) atoms. The van der Waals surface area contributed by atoms with Crippen LogP contribution in [0.25, 0.3) is 0 Å². The molecule has 5 N–H and O–H groups in total. The molecule has 0 fully saturated rings. The molecule has 0 amide bonds. The van der Waals surface area contributed by atoms with Crippen molar-refractivity contribution >= 4 is 23.4 Å². The molecule has 0 saturated heterocycles. The number of nitrogens with one attached hydrogen (secondary N) is 4. The first-order valence-electron chi connectivity index (χ1n) is 8.58. The molecule has 4 heterocycles. The molecule has 2 aromatic rings. The van der Waals surface area contributed by atoms with Gasteiger partial charge in [-0.15, -0.1) is 0 Å². The van der Waals surface area contributed by atoms with Crippen molar-refractivity contribution < 1.29 is 9.90 Å². The van der Waals surface area contributed by atoms with E-state index in [9.17, 15) is 9.90 Å². The number of anilines is 3. The van der Waals surface area contributed by atoms with Crippen molar-refractivity contribution in [3.05, 3.63) is 54.0 Å². The van der Waals surface area contributed by atoms with E-state index in [-0.39, 0.29) is 17.8 Å². The number of nitrogens with zero attached hydrogens (tertiary/aromatic N) is 5. The lowest BCUT2D eigenvalue weighted by molar-refractivity contribution is -0.132. The van der Waals surface area contributed by atoms with Crippen LogP contribution in [0.15, 0.2) is 48.5 Å². The summed E-state index contributed by atoms with van der Waals surface area (Å²) >= 11 is 0. The Kier molecular flexibility index (Phi) is 4.49. The summed E-state index contributed by atoms with van der Waals surface area (Å²) < 4.78 is 0. The van der Waals surface area contributed by atoms with Gasteiger partial charge in [0.2, 0.25) is 5.95 Å². The summed E-state index contributed by atoms with van der Waals surface area (Å²) in [6.45, 7) is 1.94. The molecule has 2 atom stereocenters. The molecule has 0 bridgehead atoms. The van der Waals surface area contributed by atoms with Gasteiger partial charge in [0.1, 0.15) is 12.5 Å². The number of carboxylic acid groups (broad SMARTS) is 1. The lowest BCUT2D eigenvalue weighted by atomic mass is 10.1. The molecule has 2 aliphatic rings. The topological polar surface area (TPSA) is 140 Å². The van der Waals surface area contributed by atoms with E-state index in [1.807, 2.05) is 14.0 Å². The van der Waals surface area contributed by atoms with Gasteiger partial charge in [-0.2, -0.15) is 4.98 Å². The summed E-state index contributed by atoms with van der Waals surface area (Å²) in [5.41, 5.74) is 5.72. The number of hydrogen-bond acceptors (Lipinski definition) is 10. The summed E-state index contributed by atoms with van der Waals surface area (Å²) in [6, 6.07) is -0.0563. The van der Waals surface area contributed by atoms with E-state index in [0.717, 1.165) is 11.3 Å². The van der Waals surface area contributed by atoms with E-state index in [2.05, 4.69) is 41.3 Å². The van der Waals surface area contributed by atoms with Gasteiger partial charge in [-0.25, -0.2) is 25.2 Å². The molecule has 2 unspecified atom stereocenters. The second kappa shape index (κ2) is 7.12. The fraction of sp³-hybridized carbons (Fsp3) is 0.235. The Morgan fingerprint density at radius 3 is 2.82 bits per heavy atom. The van der Waals surface area contributed by atoms with Crippen molar-refractivity contribution in [2.24, 2.45) is 0 Å². The monoisotopic (exact) mass is 381 g/mol. The van der Waals surface area contributed by atoms with Gasteiger partial charge in [0.25, 0.3) is 0 Å². The second-order valence-electron chi connectivity index (χ2n) is 6.38. The van der Waals surface area contributed by atoms with E-state index in [1.54, 1.807) is 29.7 Å².